The second kappa shape index (κ2) is 5.43. The van der Waals surface area contributed by atoms with Gasteiger partial charge in [0.25, 0.3) is 0 Å². The van der Waals surface area contributed by atoms with Gasteiger partial charge in [-0.2, -0.15) is 0 Å². The van der Waals surface area contributed by atoms with E-state index in [1.54, 1.807) is 0 Å². The smallest absolute Gasteiger partial charge is 0.0682 e. The Kier molecular flexibility index (Phi) is 4.51. The Morgan fingerprint density at radius 3 is 2.15 bits per heavy atom. The van der Waals surface area contributed by atoms with Gasteiger partial charge in [-0.25, -0.2) is 0 Å². The van der Waals surface area contributed by atoms with Crippen LogP contribution in [0, 0.1) is 0 Å². The Hall–Kier alpha value is -0.300. The molecule has 0 saturated heterocycles. The summed E-state index contributed by atoms with van der Waals surface area (Å²) in [4.78, 5) is 0. The van der Waals surface area contributed by atoms with Crippen molar-refractivity contribution in [1.29, 1.82) is 0 Å². The topological polar surface area (TPSA) is 20.2 Å². The summed E-state index contributed by atoms with van der Waals surface area (Å²) in [5, 5.41) is 10.3. The van der Waals surface area contributed by atoms with E-state index in [1.807, 2.05) is 13.0 Å². The maximum absolute atomic E-state index is 10.3. The van der Waals surface area contributed by atoms with Crippen LogP contribution >= 0.6 is 0 Å². The molecule has 0 spiro atoms. The lowest BCUT2D eigenvalue weighted by molar-refractivity contribution is 0.0169. The molecule has 1 N–H and O–H groups in total. The van der Waals surface area contributed by atoms with Crippen LogP contribution in [0.4, 0.5) is 0 Å². The molecule has 0 atom stereocenters. The van der Waals surface area contributed by atoms with E-state index < -0.39 is 0 Å². The molecule has 0 aliphatic heterocycles. The third kappa shape index (κ3) is 3.95. The number of rotatable bonds is 2. The lowest BCUT2D eigenvalue weighted by Gasteiger charge is -2.28. The van der Waals surface area contributed by atoms with Gasteiger partial charge in [0.1, 0.15) is 0 Å². The first-order chi connectivity index (χ1) is 6.27. The first-order valence-electron chi connectivity index (χ1n) is 5.60. The van der Waals surface area contributed by atoms with E-state index in [2.05, 4.69) is 6.08 Å². The fraction of sp³-hybridized carbons (Fsp3) is 0.833. The molecule has 0 aromatic rings. The average molecular weight is 182 g/mol. The van der Waals surface area contributed by atoms with Gasteiger partial charge in [0.2, 0.25) is 0 Å². The molecule has 0 radical (unpaired) electrons. The molecule has 1 aliphatic carbocycles. The highest BCUT2D eigenvalue weighted by Gasteiger charge is 2.25. The van der Waals surface area contributed by atoms with Crippen molar-refractivity contribution in [1.82, 2.24) is 0 Å². The molecule has 0 bridgehead atoms. The first-order valence-corrected chi connectivity index (χ1v) is 5.60. The lowest BCUT2D eigenvalue weighted by atomic mass is 9.84. The molecule has 1 nitrogen and oxygen atoms in total. The molecule has 1 saturated carbocycles. The zero-order valence-corrected chi connectivity index (χ0v) is 8.76. The second-order valence-electron chi connectivity index (χ2n) is 4.27. The van der Waals surface area contributed by atoms with E-state index in [1.165, 1.54) is 32.1 Å². The van der Waals surface area contributed by atoms with E-state index in [-0.39, 0.29) is 5.60 Å². The summed E-state index contributed by atoms with van der Waals surface area (Å²) in [7, 11) is 0. The second-order valence-corrected chi connectivity index (χ2v) is 4.27. The van der Waals surface area contributed by atoms with Crippen molar-refractivity contribution >= 4 is 0 Å². The lowest BCUT2D eigenvalue weighted by Crippen LogP contribution is -2.28. The summed E-state index contributed by atoms with van der Waals surface area (Å²) in [5.74, 6) is 0. The van der Waals surface area contributed by atoms with Crippen LogP contribution in [0.15, 0.2) is 12.2 Å². The molecule has 76 valence electrons. The van der Waals surface area contributed by atoms with Crippen LogP contribution in [0.5, 0.6) is 0 Å². The zero-order chi connectivity index (χ0) is 9.57. The van der Waals surface area contributed by atoms with Crippen molar-refractivity contribution in [2.45, 2.75) is 63.9 Å². The summed E-state index contributed by atoms with van der Waals surface area (Å²) in [6.45, 7) is 2.02. The van der Waals surface area contributed by atoms with Crippen LogP contribution < -0.4 is 0 Å². The van der Waals surface area contributed by atoms with Gasteiger partial charge < -0.3 is 5.11 Å². The fourth-order valence-corrected chi connectivity index (χ4v) is 2.10. The molecule has 1 aliphatic rings. The number of aliphatic hydroxyl groups is 1. The van der Waals surface area contributed by atoms with Crippen molar-refractivity contribution in [3.05, 3.63) is 12.2 Å². The third-order valence-corrected chi connectivity index (χ3v) is 3.02. The average Bonchev–Trinajstić information content (AvgIpc) is 2.09. The monoisotopic (exact) mass is 182 g/mol. The van der Waals surface area contributed by atoms with E-state index in [0.717, 1.165) is 19.3 Å². The molecule has 0 amide bonds. The minimum atomic E-state index is -0.382. The van der Waals surface area contributed by atoms with Crippen molar-refractivity contribution in [2.75, 3.05) is 0 Å². The molecule has 1 heteroatoms. The van der Waals surface area contributed by atoms with Crippen LogP contribution in [-0.4, -0.2) is 10.7 Å². The highest BCUT2D eigenvalue weighted by molar-refractivity contribution is 4.90. The Morgan fingerprint density at radius 2 is 1.62 bits per heavy atom. The third-order valence-electron chi connectivity index (χ3n) is 3.02. The zero-order valence-electron chi connectivity index (χ0n) is 8.76. The van der Waals surface area contributed by atoms with Gasteiger partial charge in [-0.1, -0.05) is 44.3 Å². The fourth-order valence-electron chi connectivity index (χ4n) is 2.10. The van der Waals surface area contributed by atoms with Crippen LogP contribution in [0.2, 0.25) is 0 Å². The summed E-state index contributed by atoms with van der Waals surface area (Å²) >= 11 is 0. The summed E-state index contributed by atoms with van der Waals surface area (Å²) in [6, 6.07) is 0. The summed E-state index contributed by atoms with van der Waals surface area (Å²) in [6.07, 6.45) is 13.4. The van der Waals surface area contributed by atoms with Gasteiger partial charge in [0, 0.05) is 0 Å². The van der Waals surface area contributed by atoms with Gasteiger partial charge >= 0.3 is 0 Å². The Bertz CT molecular complexity index is 153. The van der Waals surface area contributed by atoms with E-state index in [0.29, 0.717) is 0 Å². The van der Waals surface area contributed by atoms with Crippen LogP contribution in [-0.2, 0) is 0 Å². The molecule has 1 rings (SSSR count). The molecule has 0 aromatic heterocycles. The molecule has 1 fully saturated rings. The van der Waals surface area contributed by atoms with Crippen LogP contribution in [0.1, 0.15) is 58.3 Å². The molecular weight excluding hydrogens is 160 g/mol. The van der Waals surface area contributed by atoms with Gasteiger partial charge in [0.05, 0.1) is 5.60 Å². The Morgan fingerprint density at radius 1 is 1.08 bits per heavy atom. The normalized spacial score (nSPS) is 24.2. The van der Waals surface area contributed by atoms with Crippen molar-refractivity contribution in [2.24, 2.45) is 0 Å². The Labute approximate surface area is 81.9 Å². The predicted octanol–water partition coefficient (Wildman–Crippen LogP) is 3.43. The highest BCUT2D eigenvalue weighted by atomic mass is 16.3. The van der Waals surface area contributed by atoms with Gasteiger partial charge in [-0.3, -0.25) is 0 Å². The largest absolute Gasteiger partial charge is 0.390 e. The van der Waals surface area contributed by atoms with E-state index in [4.69, 9.17) is 0 Å². The minimum absolute atomic E-state index is 0.382. The van der Waals surface area contributed by atoms with Gasteiger partial charge in [-0.15, -0.1) is 0 Å². The number of allylic oxidation sites excluding steroid dienone is 1. The summed E-state index contributed by atoms with van der Waals surface area (Å²) in [5.41, 5.74) is -0.382. The maximum atomic E-state index is 10.3. The number of hydrogen-bond donors (Lipinski definition) is 1. The van der Waals surface area contributed by atoms with Crippen molar-refractivity contribution < 1.29 is 5.11 Å². The minimum Gasteiger partial charge on any atom is -0.390 e. The predicted molar refractivity (Wildman–Crippen MR) is 56.7 cm³/mol. The van der Waals surface area contributed by atoms with Gasteiger partial charge in [0.15, 0.2) is 0 Å². The van der Waals surface area contributed by atoms with E-state index >= 15 is 0 Å². The molecule has 0 heterocycles. The summed E-state index contributed by atoms with van der Waals surface area (Å²) < 4.78 is 0. The number of hydrogen-bond acceptors (Lipinski definition) is 1. The van der Waals surface area contributed by atoms with Crippen LogP contribution in [0.3, 0.4) is 0 Å². The van der Waals surface area contributed by atoms with Crippen LogP contribution in [0.25, 0.3) is 0 Å². The van der Waals surface area contributed by atoms with E-state index in [9.17, 15) is 5.11 Å². The standard InChI is InChI=1S/C12H22O/c1-2-3-9-12(13)10-7-5-4-6-8-11-12/h2-3,13H,4-11H2,1H3. The van der Waals surface area contributed by atoms with Gasteiger partial charge in [-0.05, 0) is 26.2 Å². The SMILES string of the molecule is CC=CCC1(O)CCCCCCC1. The first kappa shape index (κ1) is 10.8. The van der Waals surface area contributed by atoms with Crippen molar-refractivity contribution in [3.63, 3.8) is 0 Å². The maximum Gasteiger partial charge on any atom is 0.0682 e. The Balaban J connectivity index is 2.41. The molecule has 13 heavy (non-hydrogen) atoms. The molecule has 0 aromatic carbocycles. The highest BCUT2D eigenvalue weighted by Crippen LogP contribution is 2.29. The quantitative estimate of drug-likeness (QED) is 0.649. The molecular formula is C12H22O. The molecule has 0 unspecified atom stereocenters. The van der Waals surface area contributed by atoms with Crippen molar-refractivity contribution in [3.8, 4) is 0 Å².